The highest BCUT2D eigenvalue weighted by Gasteiger charge is 2.24. The van der Waals surface area contributed by atoms with E-state index in [2.05, 4.69) is 4.98 Å². The predicted molar refractivity (Wildman–Crippen MR) is 50.8 cm³/mol. The second kappa shape index (κ2) is 4.19. The van der Waals surface area contributed by atoms with Gasteiger partial charge in [0, 0.05) is 18.3 Å². The van der Waals surface area contributed by atoms with E-state index in [0.29, 0.717) is 5.69 Å². The van der Waals surface area contributed by atoms with Gasteiger partial charge in [0.25, 0.3) is 0 Å². The highest BCUT2D eigenvalue weighted by molar-refractivity contribution is 5.68. The lowest BCUT2D eigenvalue weighted by atomic mass is 9.96. The summed E-state index contributed by atoms with van der Waals surface area (Å²) in [7, 11) is 0. The Hall–Kier alpha value is -1.42. The number of carboxylic acid groups (broad SMARTS) is 1. The van der Waals surface area contributed by atoms with Crippen molar-refractivity contribution in [3.05, 3.63) is 30.1 Å². The number of rotatable bonds is 4. The molecule has 1 aromatic heterocycles. The first kappa shape index (κ1) is 10.7. The summed E-state index contributed by atoms with van der Waals surface area (Å²) in [5.41, 5.74) is -0.543. The van der Waals surface area contributed by atoms with E-state index >= 15 is 0 Å². The van der Waals surface area contributed by atoms with Gasteiger partial charge in [0.15, 0.2) is 0 Å². The number of carboxylic acids is 1. The van der Waals surface area contributed by atoms with Crippen molar-refractivity contribution in [1.82, 2.24) is 4.98 Å². The van der Waals surface area contributed by atoms with Crippen molar-refractivity contribution < 1.29 is 15.0 Å². The Kier molecular flexibility index (Phi) is 3.19. The van der Waals surface area contributed by atoms with E-state index in [9.17, 15) is 9.90 Å². The average molecular weight is 195 g/mol. The van der Waals surface area contributed by atoms with E-state index in [1.807, 2.05) is 0 Å². The Balaban J connectivity index is 2.63. The van der Waals surface area contributed by atoms with Gasteiger partial charge in [-0.2, -0.15) is 0 Å². The third kappa shape index (κ3) is 3.53. The molecule has 4 nitrogen and oxygen atoms in total. The number of pyridine rings is 1. The number of aliphatic carboxylic acids is 1. The number of nitrogens with zero attached hydrogens (tertiary/aromatic N) is 1. The Bertz CT molecular complexity index is 308. The van der Waals surface area contributed by atoms with Crippen LogP contribution in [0.2, 0.25) is 0 Å². The van der Waals surface area contributed by atoms with E-state index in [4.69, 9.17) is 5.11 Å². The predicted octanol–water partition coefficient (Wildman–Crippen LogP) is 0.850. The van der Waals surface area contributed by atoms with E-state index in [-0.39, 0.29) is 12.8 Å². The van der Waals surface area contributed by atoms with E-state index < -0.39 is 11.6 Å². The van der Waals surface area contributed by atoms with Gasteiger partial charge in [-0.05, 0) is 19.1 Å². The number of hydrogen-bond acceptors (Lipinski definition) is 3. The fourth-order valence-corrected chi connectivity index (χ4v) is 1.28. The third-order valence-corrected chi connectivity index (χ3v) is 1.82. The first-order chi connectivity index (χ1) is 6.49. The summed E-state index contributed by atoms with van der Waals surface area (Å²) in [6.07, 6.45) is 1.59. The average Bonchev–Trinajstić information content (AvgIpc) is 2.02. The van der Waals surface area contributed by atoms with Gasteiger partial charge in [0.1, 0.15) is 0 Å². The van der Waals surface area contributed by atoms with Crippen LogP contribution in [-0.2, 0) is 11.2 Å². The first-order valence-electron chi connectivity index (χ1n) is 4.34. The van der Waals surface area contributed by atoms with Crippen LogP contribution in [0.15, 0.2) is 24.4 Å². The minimum atomic E-state index is -1.24. The van der Waals surface area contributed by atoms with Crippen molar-refractivity contribution in [2.75, 3.05) is 0 Å². The molecule has 1 aromatic rings. The molecule has 1 heterocycles. The van der Waals surface area contributed by atoms with Crippen LogP contribution in [0.4, 0.5) is 0 Å². The molecule has 0 amide bonds. The quantitative estimate of drug-likeness (QED) is 0.747. The molecule has 14 heavy (non-hydrogen) atoms. The molecule has 0 fully saturated rings. The maximum absolute atomic E-state index is 10.4. The molecule has 1 atom stereocenters. The molecule has 2 N–H and O–H groups in total. The number of aliphatic hydroxyl groups is 1. The molecule has 0 radical (unpaired) electrons. The lowest BCUT2D eigenvalue weighted by Crippen LogP contribution is -2.30. The van der Waals surface area contributed by atoms with E-state index in [1.54, 1.807) is 24.4 Å². The maximum Gasteiger partial charge on any atom is 0.306 e. The lowest BCUT2D eigenvalue weighted by Gasteiger charge is -2.20. The van der Waals surface area contributed by atoms with Crippen LogP contribution >= 0.6 is 0 Å². The zero-order valence-corrected chi connectivity index (χ0v) is 7.97. The summed E-state index contributed by atoms with van der Waals surface area (Å²) in [4.78, 5) is 14.4. The summed E-state index contributed by atoms with van der Waals surface area (Å²) in [6.45, 7) is 1.50. The summed E-state index contributed by atoms with van der Waals surface area (Å²) in [6, 6.07) is 5.34. The molecule has 0 saturated heterocycles. The molecular weight excluding hydrogens is 182 g/mol. The van der Waals surface area contributed by atoms with Gasteiger partial charge in [0.05, 0.1) is 12.0 Å². The maximum atomic E-state index is 10.4. The Morgan fingerprint density at radius 1 is 1.57 bits per heavy atom. The minimum absolute atomic E-state index is 0.250. The number of aromatic nitrogens is 1. The van der Waals surface area contributed by atoms with E-state index in [1.165, 1.54) is 6.92 Å². The van der Waals surface area contributed by atoms with Gasteiger partial charge in [-0.3, -0.25) is 9.78 Å². The summed E-state index contributed by atoms with van der Waals surface area (Å²) in [5.74, 6) is -1.01. The zero-order chi connectivity index (χ0) is 10.6. The van der Waals surface area contributed by atoms with E-state index in [0.717, 1.165) is 0 Å². The molecule has 1 rings (SSSR count). The molecule has 0 aliphatic heterocycles. The topological polar surface area (TPSA) is 70.4 Å². The standard InChI is InChI=1S/C10H13NO3/c1-10(14,7-9(12)13)6-8-4-2-3-5-11-8/h2-5,14H,6-7H2,1H3,(H,12,13). The van der Waals surface area contributed by atoms with Crippen molar-refractivity contribution in [1.29, 1.82) is 0 Å². The van der Waals surface area contributed by atoms with Gasteiger partial charge in [-0.15, -0.1) is 0 Å². The molecule has 1 unspecified atom stereocenters. The van der Waals surface area contributed by atoms with Crippen LogP contribution < -0.4 is 0 Å². The van der Waals surface area contributed by atoms with Crippen molar-refractivity contribution >= 4 is 5.97 Å². The minimum Gasteiger partial charge on any atom is -0.481 e. The van der Waals surface area contributed by atoms with Gasteiger partial charge in [0.2, 0.25) is 0 Å². The van der Waals surface area contributed by atoms with Crippen molar-refractivity contribution in [3.63, 3.8) is 0 Å². The fourth-order valence-electron chi connectivity index (χ4n) is 1.28. The van der Waals surface area contributed by atoms with Gasteiger partial charge >= 0.3 is 5.97 Å². The third-order valence-electron chi connectivity index (χ3n) is 1.82. The van der Waals surface area contributed by atoms with Crippen LogP contribution in [0.3, 0.4) is 0 Å². The van der Waals surface area contributed by atoms with Crippen molar-refractivity contribution in [3.8, 4) is 0 Å². The summed E-state index contributed by atoms with van der Waals surface area (Å²) in [5, 5.41) is 18.3. The smallest absolute Gasteiger partial charge is 0.306 e. The lowest BCUT2D eigenvalue weighted by molar-refractivity contribution is -0.141. The van der Waals surface area contributed by atoms with Crippen LogP contribution in [0.1, 0.15) is 19.0 Å². The van der Waals surface area contributed by atoms with Crippen LogP contribution in [0.5, 0.6) is 0 Å². The van der Waals surface area contributed by atoms with Gasteiger partial charge in [-0.1, -0.05) is 6.07 Å². The van der Waals surface area contributed by atoms with Crippen molar-refractivity contribution in [2.24, 2.45) is 0 Å². The first-order valence-corrected chi connectivity index (χ1v) is 4.34. The molecule has 0 aliphatic rings. The Labute approximate surface area is 82.2 Å². The monoisotopic (exact) mass is 195 g/mol. The number of carbonyl (C=O) groups is 1. The second-order valence-corrected chi connectivity index (χ2v) is 3.57. The molecule has 0 saturated carbocycles. The Morgan fingerprint density at radius 2 is 2.29 bits per heavy atom. The second-order valence-electron chi connectivity index (χ2n) is 3.57. The molecule has 0 spiro atoms. The molecule has 76 valence electrons. The number of hydrogen-bond donors (Lipinski definition) is 2. The van der Waals surface area contributed by atoms with Crippen LogP contribution in [-0.4, -0.2) is 26.8 Å². The summed E-state index contributed by atoms with van der Waals surface area (Å²) < 4.78 is 0. The zero-order valence-electron chi connectivity index (χ0n) is 7.97. The van der Waals surface area contributed by atoms with Gasteiger partial charge < -0.3 is 10.2 Å². The molecule has 4 heteroatoms. The molecule has 0 bridgehead atoms. The SMILES string of the molecule is CC(O)(CC(=O)O)Cc1ccccn1. The highest BCUT2D eigenvalue weighted by atomic mass is 16.4. The van der Waals surface area contributed by atoms with Crippen molar-refractivity contribution in [2.45, 2.75) is 25.4 Å². The molecular formula is C10H13NO3. The fraction of sp³-hybridized carbons (Fsp3) is 0.400. The van der Waals surface area contributed by atoms with Crippen LogP contribution in [0, 0.1) is 0 Å². The normalized spacial score (nSPS) is 14.7. The van der Waals surface area contributed by atoms with Gasteiger partial charge in [-0.25, -0.2) is 0 Å². The highest BCUT2D eigenvalue weighted by Crippen LogP contribution is 2.15. The molecule has 0 aromatic carbocycles. The largest absolute Gasteiger partial charge is 0.481 e. The molecule has 0 aliphatic carbocycles. The summed E-state index contributed by atoms with van der Waals surface area (Å²) >= 11 is 0. The Morgan fingerprint density at radius 3 is 2.79 bits per heavy atom. The van der Waals surface area contributed by atoms with Crippen LogP contribution in [0.25, 0.3) is 0 Å².